The maximum atomic E-state index is 6.62. The normalized spacial score (nSPS) is 21.3. The van der Waals surface area contributed by atoms with E-state index in [1.165, 1.54) is 24.6 Å². The van der Waals surface area contributed by atoms with E-state index in [0.29, 0.717) is 15.9 Å². The molecule has 4 N–H and O–H groups in total. The van der Waals surface area contributed by atoms with E-state index in [-0.39, 0.29) is 11.5 Å². The second kappa shape index (κ2) is 8.03. The van der Waals surface area contributed by atoms with Crippen LogP contribution in [0, 0.1) is 5.41 Å². The molecule has 1 aliphatic carbocycles. The SMILES string of the molecule is Nc1nc(N2CCC3(CC2)Cc2ncoc2[C@H]3N)cnc1Sc1ccnc(N2CCC2)c1Cl. The zero-order valence-electron chi connectivity index (χ0n) is 18.1. The highest BCUT2D eigenvalue weighted by Crippen LogP contribution is 2.50. The maximum absolute atomic E-state index is 6.62. The van der Waals surface area contributed by atoms with E-state index in [4.69, 9.17) is 27.5 Å². The van der Waals surface area contributed by atoms with Gasteiger partial charge in [-0.1, -0.05) is 23.4 Å². The van der Waals surface area contributed by atoms with Crippen molar-refractivity contribution in [3.8, 4) is 0 Å². The van der Waals surface area contributed by atoms with E-state index >= 15 is 0 Å². The molecule has 2 fully saturated rings. The van der Waals surface area contributed by atoms with Crippen LogP contribution in [0.5, 0.6) is 0 Å². The minimum absolute atomic E-state index is 0.0138. The number of aromatic nitrogens is 4. The fourth-order valence-corrected chi connectivity index (χ4v) is 6.14. The minimum Gasteiger partial charge on any atom is -0.447 e. The predicted octanol–water partition coefficient (Wildman–Crippen LogP) is 3.30. The summed E-state index contributed by atoms with van der Waals surface area (Å²) in [7, 11) is 0. The molecule has 0 bridgehead atoms. The number of rotatable bonds is 4. The van der Waals surface area contributed by atoms with Gasteiger partial charge in [-0.25, -0.2) is 19.9 Å². The first-order chi connectivity index (χ1) is 16.0. The van der Waals surface area contributed by atoms with Crippen LogP contribution >= 0.6 is 23.4 Å². The molecule has 0 saturated carbocycles. The van der Waals surface area contributed by atoms with Crippen LogP contribution in [0.1, 0.15) is 36.8 Å². The Balaban J connectivity index is 1.15. The Morgan fingerprint density at radius 1 is 1.12 bits per heavy atom. The van der Waals surface area contributed by atoms with Crippen LogP contribution in [0.2, 0.25) is 5.02 Å². The van der Waals surface area contributed by atoms with Crippen molar-refractivity contribution in [3.05, 3.63) is 41.3 Å². The highest BCUT2D eigenvalue weighted by atomic mass is 35.5. The van der Waals surface area contributed by atoms with E-state index in [0.717, 1.165) is 73.4 Å². The number of fused-ring (bicyclic) bond motifs is 1. The van der Waals surface area contributed by atoms with Gasteiger partial charge in [0.15, 0.2) is 12.2 Å². The predicted molar refractivity (Wildman–Crippen MR) is 128 cm³/mol. The van der Waals surface area contributed by atoms with Crippen molar-refractivity contribution in [3.63, 3.8) is 0 Å². The monoisotopic (exact) mass is 484 g/mol. The van der Waals surface area contributed by atoms with Gasteiger partial charge in [-0.3, -0.25) is 0 Å². The van der Waals surface area contributed by atoms with Crippen molar-refractivity contribution in [2.75, 3.05) is 41.7 Å². The minimum atomic E-state index is -0.0988. The first kappa shape index (κ1) is 21.0. The van der Waals surface area contributed by atoms with E-state index in [1.807, 2.05) is 6.07 Å². The Labute approximate surface area is 200 Å². The van der Waals surface area contributed by atoms with E-state index in [1.54, 1.807) is 12.4 Å². The molecule has 172 valence electrons. The highest BCUT2D eigenvalue weighted by molar-refractivity contribution is 7.99. The van der Waals surface area contributed by atoms with Crippen molar-refractivity contribution in [1.82, 2.24) is 19.9 Å². The Hall–Kier alpha value is -2.56. The van der Waals surface area contributed by atoms with Crippen molar-refractivity contribution in [2.45, 2.75) is 41.6 Å². The Bertz CT molecular complexity index is 1190. The lowest BCUT2D eigenvalue weighted by molar-refractivity contribution is 0.173. The molecule has 9 nitrogen and oxygen atoms in total. The number of hydrogen-bond donors (Lipinski definition) is 2. The van der Waals surface area contributed by atoms with Gasteiger partial charge in [0, 0.05) is 49.1 Å². The Morgan fingerprint density at radius 2 is 1.94 bits per heavy atom. The van der Waals surface area contributed by atoms with Crippen LogP contribution in [0.4, 0.5) is 17.5 Å². The Morgan fingerprint density at radius 3 is 2.64 bits per heavy atom. The molecule has 0 aromatic carbocycles. The van der Waals surface area contributed by atoms with Crippen LogP contribution in [-0.2, 0) is 6.42 Å². The number of nitrogens with zero attached hydrogens (tertiary/aromatic N) is 6. The molecule has 6 rings (SSSR count). The summed E-state index contributed by atoms with van der Waals surface area (Å²) in [4.78, 5) is 23.3. The number of piperidine rings is 1. The molecule has 0 unspecified atom stereocenters. The first-order valence-corrected chi connectivity index (χ1v) is 12.4. The smallest absolute Gasteiger partial charge is 0.181 e. The molecule has 11 heteroatoms. The van der Waals surface area contributed by atoms with Crippen LogP contribution < -0.4 is 21.3 Å². The summed E-state index contributed by atoms with van der Waals surface area (Å²) in [5.74, 6) is 2.85. The number of oxazole rings is 1. The number of hydrogen-bond acceptors (Lipinski definition) is 10. The summed E-state index contributed by atoms with van der Waals surface area (Å²) in [5, 5.41) is 1.28. The topological polar surface area (TPSA) is 123 Å². The fourth-order valence-electron chi connectivity index (χ4n) is 5.02. The van der Waals surface area contributed by atoms with Gasteiger partial charge in [0.25, 0.3) is 0 Å². The molecule has 2 aliphatic heterocycles. The molecule has 2 saturated heterocycles. The van der Waals surface area contributed by atoms with Gasteiger partial charge in [-0.15, -0.1) is 0 Å². The lowest BCUT2D eigenvalue weighted by atomic mass is 9.73. The number of anilines is 3. The quantitative estimate of drug-likeness (QED) is 0.569. The summed E-state index contributed by atoms with van der Waals surface area (Å²) in [6.07, 6.45) is 9.01. The van der Waals surface area contributed by atoms with Crippen LogP contribution in [0.3, 0.4) is 0 Å². The number of nitrogens with two attached hydrogens (primary N) is 2. The summed E-state index contributed by atoms with van der Waals surface area (Å²) in [6, 6.07) is 1.79. The number of halogens is 1. The van der Waals surface area contributed by atoms with E-state index < -0.39 is 0 Å². The third-order valence-electron chi connectivity index (χ3n) is 7.17. The number of pyridine rings is 1. The lowest BCUT2D eigenvalue weighted by Gasteiger charge is -2.42. The zero-order valence-corrected chi connectivity index (χ0v) is 19.6. The summed E-state index contributed by atoms with van der Waals surface area (Å²) >= 11 is 8.05. The third kappa shape index (κ3) is 3.51. The molecular weight excluding hydrogens is 460 g/mol. The molecule has 3 aliphatic rings. The Kier molecular flexibility index (Phi) is 5.11. The molecule has 0 amide bonds. The zero-order chi connectivity index (χ0) is 22.6. The molecular formula is C22H25ClN8OS. The molecule has 1 atom stereocenters. The summed E-state index contributed by atoms with van der Waals surface area (Å²) in [5.41, 5.74) is 13.9. The van der Waals surface area contributed by atoms with Gasteiger partial charge in [-0.05, 0) is 25.3 Å². The summed E-state index contributed by atoms with van der Waals surface area (Å²) in [6.45, 7) is 3.65. The van der Waals surface area contributed by atoms with Gasteiger partial charge in [-0.2, -0.15) is 0 Å². The largest absolute Gasteiger partial charge is 0.447 e. The molecule has 3 aromatic heterocycles. The van der Waals surface area contributed by atoms with Gasteiger partial charge >= 0.3 is 0 Å². The van der Waals surface area contributed by atoms with Gasteiger partial charge in [0.1, 0.15) is 22.4 Å². The standard InChI is InChI=1S/C22H25ClN8OS/c23-16-14(2-5-26-20(16)31-6-1-7-31)33-21-19(25)29-15(11-27-21)30-8-3-22(4-9-30)10-13-17(18(22)24)32-12-28-13/h2,5,11-12,18H,1,3-4,6-10,24H2,(H2,25,29)/t18-/m1/s1. The van der Waals surface area contributed by atoms with Crippen molar-refractivity contribution in [1.29, 1.82) is 0 Å². The van der Waals surface area contributed by atoms with Gasteiger partial charge in [0.2, 0.25) is 0 Å². The highest BCUT2D eigenvalue weighted by Gasteiger charge is 2.48. The first-order valence-electron chi connectivity index (χ1n) is 11.2. The average Bonchev–Trinajstić information content (AvgIpc) is 3.33. The lowest BCUT2D eigenvalue weighted by Crippen LogP contribution is -2.44. The van der Waals surface area contributed by atoms with Gasteiger partial charge < -0.3 is 25.7 Å². The van der Waals surface area contributed by atoms with Crippen molar-refractivity contribution in [2.24, 2.45) is 11.1 Å². The van der Waals surface area contributed by atoms with Crippen molar-refractivity contribution < 1.29 is 4.42 Å². The summed E-state index contributed by atoms with van der Waals surface area (Å²) < 4.78 is 5.54. The van der Waals surface area contributed by atoms with E-state index in [9.17, 15) is 0 Å². The van der Waals surface area contributed by atoms with Crippen LogP contribution in [-0.4, -0.2) is 46.1 Å². The second-order valence-electron chi connectivity index (χ2n) is 8.98. The average molecular weight is 485 g/mol. The fraction of sp³-hybridized carbons (Fsp3) is 0.455. The maximum Gasteiger partial charge on any atom is 0.181 e. The van der Waals surface area contributed by atoms with Crippen LogP contribution in [0.25, 0.3) is 0 Å². The second-order valence-corrected chi connectivity index (χ2v) is 10.4. The number of nitrogen functional groups attached to an aromatic ring is 1. The van der Waals surface area contributed by atoms with E-state index in [2.05, 4.69) is 29.7 Å². The molecule has 3 aromatic rings. The van der Waals surface area contributed by atoms with Crippen molar-refractivity contribution >= 4 is 40.8 Å². The third-order valence-corrected chi connectivity index (χ3v) is 8.72. The molecule has 5 heterocycles. The molecule has 0 radical (unpaired) electrons. The molecule has 1 spiro atoms. The van der Waals surface area contributed by atoms with Crippen LogP contribution in [0.15, 0.2) is 39.2 Å². The van der Waals surface area contributed by atoms with Gasteiger partial charge in [0.05, 0.1) is 23.0 Å². The molecule has 33 heavy (non-hydrogen) atoms.